The molecular formula is C18H21FN4O2. The van der Waals surface area contributed by atoms with E-state index in [-0.39, 0.29) is 5.82 Å². The normalized spacial score (nSPS) is 19.4. The first-order valence-corrected chi connectivity index (χ1v) is 8.54. The van der Waals surface area contributed by atoms with Crippen molar-refractivity contribution in [2.24, 2.45) is 0 Å². The van der Waals surface area contributed by atoms with Crippen molar-refractivity contribution >= 4 is 17.5 Å². The summed E-state index contributed by atoms with van der Waals surface area (Å²) in [6.45, 7) is 4.85. The standard InChI is InChI=1S/C18H21FN4O2/c1-13-12-16(23-8-6-18(7-9-23)24-10-11-25-18)22-17(20-13)21-15-5-3-2-4-14(15)19/h2-5,12H,6-11H2,1H3,(H,20,21,22). The van der Waals surface area contributed by atoms with Crippen molar-refractivity contribution in [3.8, 4) is 0 Å². The Morgan fingerprint density at radius 3 is 2.56 bits per heavy atom. The number of para-hydroxylation sites is 1. The summed E-state index contributed by atoms with van der Waals surface area (Å²) in [6, 6.07) is 8.44. The number of benzene rings is 1. The lowest BCUT2D eigenvalue weighted by atomic mass is 10.0. The van der Waals surface area contributed by atoms with Gasteiger partial charge in [-0.25, -0.2) is 9.37 Å². The first kappa shape index (κ1) is 16.2. The van der Waals surface area contributed by atoms with Gasteiger partial charge in [0.15, 0.2) is 5.79 Å². The zero-order valence-corrected chi connectivity index (χ0v) is 14.2. The maximum atomic E-state index is 13.8. The molecule has 1 aromatic carbocycles. The number of hydrogen-bond acceptors (Lipinski definition) is 6. The minimum absolute atomic E-state index is 0.329. The number of hydrogen-bond donors (Lipinski definition) is 1. The monoisotopic (exact) mass is 344 g/mol. The van der Waals surface area contributed by atoms with E-state index in [0.717, 1.165) is 37.4 Å². The Kier molecular flexibility index (Phi) is 4.27. The van der Waals surface area contributed by atoms with Gasteiger partial charge >= 0.3 is 0 Å². The van der Waals surface area contributed by atoms with E-state index in [1.165, 1.54) is 6.07 Å². The second-order valence-corrected chi connectivity index (χ2v) is 6.39. The van der Waals surface area contributed by atoms with E-state index in [1.54, 1.807) is 18.2 Å². The predicted octanol–water partition coefficient (Wildman–Crippen LogP) is 3.01. The summed E-state index contributed by atoms with van der Waals surface area (Å²) < 4.78 is 25.4. The quantitative estimate of drug-likeness (QED) is 0.924. The number of aromatic nitrogens is 2. The van der Waals surface area contributed by atoms with E-state index in [2.05, 4.69) is 20.2 Å². The molecule has 0 unspecified atom stereocenters. The average molecular weight is 344 g/mol. The van der Waals surface area contributed by atoms with Gasteiger partial charge in [0.05, 0.1) is 18.9 Å². The molecule has 0 amide bonds. The molecule has 4 rings (SSSR count). The smallest absolute Gasteiger partial charge is 0.229 e. The third-order valence-corrected chi connectivity index (χ3v) is 4.62. The summed E-state index contributed by atoms with van der Waals surface area (Å²) in [7, 11) is 0. The number of rotatable bonds is 3. The van der Waals surface area contributed by atoms with Gasteiger partial charge in [0.25, 0.3) is 0 Å². The Bertz CT molecular complexity index is 754. The van der Waals surface area contributed by atoms with Crippen molar-refractivity contribution in [3.05, 3.63) is 41.8 Å². The first-order valence-electron chi connectivity index (χ1n) is 8.54. The number of piperidine rings is 1. The van der Waals surface area contributed by atoms with E-state index in [0.29, 0.717) is 24.8 Å². The first-order chi connectivity index (χ1) is 12.1. The molecule has 3 heterocycles. The summed E-state index contributed by atoms with van der Waals surface area (Å²) in [5.41, 5.74) is 1.20. The van der Waals surface area contributed by atoms with Gasteiger partial charge < -0.3 is 19.7 Å². The predicted molar refractivity (Wildman–Crippen MR) is 92.5 cm³/mol. The summed E-state index contributed by atoms with van der Waals surface area (Å²) in [6.07, 6.45) is 1.62. The molecule has 1 aromatic heterocycles. The van der Waals surface area contributed by atoms with Gasteiger partial charge in [0, 0.05) is 37.7 Å². The summed E-state index contributed by atoms with van der Waals surface area (Å²) in [4.78, 5) is 11.1. The molecule has 132 valence electrons. The zero-order chi connectivity index (χ0) is 17.3. The molecule has 6 nitrogen and oxygen atoms in total. The fraction of sp³-hybridized carbons (Fsp3) is 0.444. The molecule has 25 heavy (non-hydrogen) atoms. The van der Waals surface area contributed by atoms with Crippen molar-refractivity contribution in [1.82, 2.24) is 9.97 Å². The summed E-state index contributed by atoms with van der Waals surface area (Å²) in [5.74, 6) is 0.491. The van der Waals surface area contributed by atoms with E-state index in [1.807, 2.05) is 13.0 Å². The van der Waals surface area contributed by atoms with Crippen molar-refractivity contribution in [3.63, 3.8) is 0 Å². The van der Waals surface area contributed by atoms with Crippen LogP contribution in [-0.4, -0.2) is 42.1 Å². The van der Waals surface area contributed by atoms with E-state index in [9.17, 15) is 4.39 Å². The number of ether oxygens (including phenoxy) is 2. The van der Waals surface area contributed by atoms with Crippen LogP contribution in [0.4, 0.5) is 21.8 Å². The van der Waals surface area contributed by atoms with Crippen LogP contribution in [0.15, 0.2) is 30.3 Å². The molecule has 0 bridgehead atoms. The number of anilines is 3. The molecule has 1 N–H and O–H groups in total. The van der Waals surface area contributed by atoms with Crippen molar-refractivity contribution < 1.29 is 13.9 Å². The van der Waals surface area contributed by atoms with Gasteiger partial charge in [-0.15, -0.1) is 0 Å². The van der Waals surface area contributed by atoms with Gasteiger partial charge in [-0.2, -0.15) is 4.98 Å². The Labute approximate surface area is 146 Å². The van der Waals surface area contributed by atoms with E-state index >= 15 is 0 Å². The largest absolute Gasteiger partial charge is 0.356 e. The maximum Gasteiger partial charge on any atom is 0.229 e. The Balaban J connectivity index is 1.51. The third-order valence-electron chi connectivity index (χ3n) is 4.62. The number of halogens is 1. The van der Waals surface area contributed by atoms with Gasteiger partial charge in [-0.05, 0) is 19.1 Å². The lowest BCUT2D eigenvalue weighted by Gasteiger charge is -2.38. The van der Waals surface area contributed by atoms with Crippen LogP contribution in [0.1, 0.15) is 18.5 Å². The Hall–Kier alpha value is -2.25. The molecule has 2 fully saturated rings. The number of nitrogens with one attached hydrogen (secondary N) is 1. The highest BCUT2D eigenvalue weighted by atomic mass is 19.1. The van der Waals surface area contributed by atoms with Crippen LogP contribution in [0.25, 0.3) is 0 Å². The Morgan fingerprint density at radius 1 is 1.12 bits per heavy atom. The fourth-order valence-electron chi connectivity index (χ4n) is 3.32. The molecular weight excluding hydrogens is 323 g/mol. The Morgan fingerprint density at radius 2 is 1.84 bits per heavy atom. The van der Waals surface area contributed by atoms with Gasteiger partial charge in [-0.1, -0.05) is 12.1 Å². The van der Waals surface area contributed by atoms with Crippen LogP contribution in [0.3, 0.4) is 0 Å². The molecule has 2 aliphatic rings. The SMILES string of the molecule is Cc1cc(N2CCC3(CC2)OCCO3)nc(Nc2ccccc2F)n1. The highest BCUT2D eigenvalue weighted by Gasteiger charge is 2.40. The molecule has 2 saturated heterocycles. The highest BCUT2D eigenvalue weighted by molar-refractivity contribution is 5.56. The summed E-state index contributed by atoms with van der Waals surface area (Å²) in [5, 5.41) is 2.97. The minimum atomic E-state index is -0.410. The number of nitrogens with zero attached hydrogens (tertiary/aromatic N) is 3. The second-order valence-electron chi connectivity index (χ2n) is 6.39. The molecule has 0 radical (unpaired) electrons. The van der Waals surface area contributed by atoms with Crippen molar-refractivity contribution in [2.75, 3.05) is 36.5 Å². The fourth-order valence-corrected chi connectivity index (χ4v) is 3.32. The van der Waals surface area contributed by atoms with Gasteiger partial charge in [0.2, 0.25) is 5.95 Å². The van der Waals surface area contributed by atoms with Crippen LogP contribution >= 0.6 is 0 Å². The van der Waals surface area contributed by atoms with Crippen molar-refractivity contribution in [2.45, 2.75) is 25.6 Å². The summed E-state index contributed by atoms with van der Waals surface area (Å²) >= 11 is 0. The maximum absolute atomic E-state index is 13.8. The third kappa shape index (κ3) is 3.43. The average Bonchev–Trinajstić information content (AvgIpc) is 3.05. The lowest BCUT2D eigenvalue weighted by molar-refractivity contribution is -0.169. The lowest BCUT2D eigenvalue weighted by Crippen LogP contribution is -2.45. The molecule has 7 heteroatoms. The zero-order valence-electron chi connectivity index (χ0n) is 14.2. The molecule has 2 aromatic rings. The molecule has 0 saturated carbocycles. The second kappa shape index (κ2) is 6.57. The van der Waals surface area contributed by atoms with Crippen LogP contribution in [0.5, 0.6) is 0 Å². The number of aryl methyl sites for hydroxylation is 1. The van der Waals surface area contributed by atoms with E-state index in [4.69, 9.17) is 9.47 Å². The molecule has 0 aliphatic carbocycles. The molecule has 1 spiro atoms. The van der Waals surface area contributed by atoms with Gasteiger partial charge in [0.1, 0.15) is 11.6 Å². The topological polar surface area (TPSA) is 59.5 Å². The van der Waals surface area contributed by atoms with Crippen molar-refractivity contribution in [1.29, 1.82) is 0 Å². The van der Waals surface area contributed by atoms with Crippen LogP contribution in [0, 0.1) is 12.7 Å². The van der Waals surface area contributed by atoms with Crippen LogP contribution in [-0.2, 0) is 9.47 Å². The van der Waals surface area contributed by atoms with Gasteiger partial charge in [-0.3, -0.25) is 0 Å². The van der Waals surface area contributed by atoms with Crippen LogP contribution in [0.2, 0.25) is 0 Å². The van der Waals surface area contributed by atoms with Crippen LogP contribution < -0.4 is 10.2 Å². The minimum Gasteiger partial charge on any atom is -0.356 e. The molecule has 2 aliphatic heterocycles. The molecule has 0 atom stereocenters. The highest BCUT2D eigenvalue weighted by Crippen LogP contribution is 2.33. The van der Waals surface area contributed by atoms with E-state index < -0.39 is 5.79 Å².